The highest BCUT2D eigenvalue weighted by atomic mass is 79.9. The summed E-state index contributed by atoms with van der Waals surface area (Å²) in [6, 6.07) is 20.1. The predicted octanol–water partition coefficient (Wildman–Crippen LogP) is 5.44. The molecule has 1 aliphatic heterocycles. The van der Waals surface area contributed by atoms with Crippen LogP contribution in [0.25, 0.3) is 11.0 Å². The van der Waals surface area contributed by atoms with Crippen LogP contribution in [-0.4, -0.2) is 10.8 Å². The molecule has 2 heterocycles. The number of hydrogen-bond donors (Lipinski definition) is 0. The Kier molecular flexibility index (Phi) is 4.51. The zero-order valence-electron chi connectivity index (χ0n) is 15.6. The van der Waals surface area contributed by atoms with Crippen molar-refractivity contribution in [1.82, 2.24) is 4.90 Å². The summed E-state index contributed by atoms with van der Waals surface area (Å²) in [5.41, 5.74) is 1.76. The van der Waals surface area contributed by atoms with Crippen molar-refractivity contribution in [3.05, 3.63) is 116 Å². The lowest BCUT2D eigenvalue weighted by atomic mass is 9.98. The number of hydrogen-bond acceptors (Lipinski definition) is 3. The van der Waals surface area contributed by atoms with Gasteiger partial charge in [0.2, 0.25) is 5.76 Å². The minimum absolute atomic E-state index is 0.0139. The Morgan fingerprint density at radius 2 is 1.77 bits per heavy atom. The fourth-order valence-electron chi connectivity index (χ4n) is 3.96. The second kappa shape index (κ2) is 7.22. The summed E-state index contributed by atoms with van der Waals surface area (Å²) in [6.45, 7) is 0.311. The lowest BCUT2D eigenvalue weighted by Crippen LogP contribution is -2.29. The first-order valence-corrected chi connectivity index (χ1v) is 10.2. The van der Waals surface area contributed by atoms with Gasteiger partial charge in [0.15, 0.2) is 5.43 Å². The second-order valence-corrected chi connectivity index (χ2v) is 8.11. The number of nitrogens with zero attached hydrogens (tertiary/aromatic N) is 1. The monoisotopic (exact) mass is 463 g/mol. The highest BCUT2D eigenvalue weighted by Crippen LogP contribution is 2.39. The van der Waals surface area contributed by atoms with E-state index in [4.69, 9.17) is 4.42 Å². The molecule has 0 spiro atoms. The Hall–Kier alpha value is -3.25. The number of amides is 1. The molecule has 0 N–H and O–H groups in total. The highest BCUT2D eigenvalue weighted by molar-refractivity contribution is 9.10. The molecule has 5 rings (SSSR count). The Morgan fingerprint density at radius 1 is 0.967 bits per heavy atom. The van der Waals surface area contributed by atoms with Crippen LogP contribution in [0.4, 0.5) is 4.39 Å². The van der Waals surface area contributed by atoms with E-state index in [0.717, 1.165) is 21.7 Å². The lowest BCUT2D eigenvalue weighted by molar-refractivity contribution is 0.0714. The fourth-order valence-corrected chi connectivity index (χ4v) is 4.38. The largest absolute Gasteiger partial charge is 0.450 e. The van der Waals surface area contributed by atoms with Crippen molar-refractivity contribution >= 4 is 32.8 Å². The molecule has 4 nitrogen and oxygen atoms in total. The van der Waals surface area contributed by atoms with E-state index in [9.17, 15) is 14.0 Å². The van der Waals surface area contributed by atoms with Crippen LogP contribution in [0.3, 0.4) is 0 Å². The topological polar surface area (TPSA) is 50.5 Å². The summed E-state index contributed by atoms with van der Waals surface area (Å²) < 4.78 is 20.5. The molecule has 1 unspecified atom stereocenters. The standard InChI is InChI=1S/C24H15BrFNO3/c25-16-8-4-7-15(11-16)21-20-22(28)18-12-17(26)9-10-19(18)30-23(20)24(29)27(21)13-14-5-2-1-3-6-14/h1-12,21H,13H2. The molecule has 0 radical (unpaired) electrons. The van der Waals surface area contributed by atoms with Crippen LogP contribution in [0.1, 0.15) is 33.3 Å². The van der Waals surface area contributed by atoms with Crippen molar-refractivity contribution in [2.24, 2.45) is 0 Å². The summed E-state index contributed by atoms with van der Waals surface area (Å²) in [6.07, 6.45) is 0. The van der Waals surface area contributed by atoms with Gasteiger partial charge in [-0.15, -0.1) is 0 Å². The summed E-state index contributed by atoms with van der Waals surface area (Å²) in [5, 5.41) is 0.128. The molecular formula is C24H15BrFNO3. The Labute approximate surface area is 179 Å². The van der Waals surface area contributed by atoms with E-state index in [2.05, 4.69) is 15.9 Å². The zero-order valence-corrected chi connectivity index (χ0v) is 17.2. The minimum Gasteiger partial charge on any atom is -0.450 e. The molecule has 0 saturated heterocycles. The van der Waals surface area contributed by atoms with Gasteiger partial charge < -0.3 is 9.32 Å². The summed E-state index contributed by atoms with van der Waals surface area (Å²) in [7, 11) is 0. The van der Waals surface area contributed by atoms with Crippen molar-refractivity contribution in [3.8, 4) is 0 Å². The van der Waals surface area contributed by atoms with Gasteiger partial charge in [-0.05, 0) is 41.5 Å². The van der Waals surface area contributed by atoms with E-state index in [-0.39, 0.29) is 33.6 Å². The van der Waals surface area contributed by atoms with Crippen LogP contribution in [0.5, 0.6) is 0 Å². The average Bonchev–Trinajstić information content (AvgIpc) is 3.02. The first-order chi connectivity index (χ1) is 14.5. The number of fused-ring (bicyclic) bond motifs is 2. The summed E-state index contributed by atoms with van der Waals surface area (Å²) in [5.74, 6) is -0.874. The van der Waals surface area contributed by atoms with Crippen LogP contribution in [0.15, 0.2) is 86.5 Å². The third-order valence-electron chi connectivity index (χ3n) is 5.29. The van der Waals surface area contributed by atoms with Crippen LogP contribution in [0, 0.1) is 5.82 Å². The third-order valence-corrected chi connectivity index (χ3v) is 5.78. The molecular weight excluding hydrogens is 449 g/mol. The van der Waals surface area contributed by atoms with Crippen molar-refractivity contribution < 1.29 is 13.6 Å². The second-order valence-electron chi connectivity index (χ2n) is 7.19. The predicted molar refractivity (Wildman–Crippen MR) is 115 cm³/mol. The number of carbonyl (C=O) groups excluding carboxylic acids is 1. The van der Waals surface area contributed by atoms with Gasteiger partial charge in [-0.1, -0.05) is 58.4 Å². The van der Waals surface area contributed by atoms with Gasteiger partial charge in [0, 0.05) is 11.0 Å². The average molecular weight is 464 g/mol. The zero-order chi connectivity index (χ0) is 20.8. The highest BCUT2D eigenvalue weighted by Gasteiger charge is 2.42. The minimum atomic E-state index is -0.630. The van der Waals surface area contributed by atoms with E-state index in [1.165, 1.54) is 12.1 Å². The van der Waals surface area contributed by atoms with E-state index in [0.29, 0.717) is 6.54 Å². The number of carbonyl (C=O) groups is 1. The molecule has 0 aliphatic carbocycles. The van der Waals surface area contributed by atoms with Crippen LogP contribution >= 0.6 is 15.9 Å². The maximum absolute atomic E-state index is 13.8. The van der Waals surface area contributed by atoms with Crippen LogP contribution < -0.4 is 5.43 Å². The molecule has 0 saturated carbocycles. The quantitative estimate of drug-likeness (QED) is 0.406. The molecule has 4 aromatic rings. The molecule has 3 aromatic carbocycles. The Morgan fingerprint density at radius 3 is 2.53 bits per heavy atom. The number of rotatable bonds is 3. The van der Waals surface area contributed by atoms with Gasteiger partial charge in [-0.25, -0.2) is 4.39 Å². The summed E-state index contributed by atoms with van der Waals surface area (Å²) in [4.78, 5) is 28.3. The first-order valence-electron chi connectivity index (χ1n) is 9.39. The number of halogens is 2. The number of benzene rings is 3. The molecule has 1 aliphatic rings. The van der Waals surface area contributed by atoms with Gasteiger partial charge in [-0.2, -0.15) is 0 Å². The smallest absolute Gasteiger partial charge is 0.291 e. The van der Waals surface area contributed by atoms with E-state index < -0.39 is 11.9 Å². The van der Waals surface area contributed by atoms with Crippen LogP contribution in [-0.2, 0) is 6.54 Å². The van der Waals surface area contributed by atoms with E-state index in [1.54, 1.807) is 4.90 Å². The molecule has 30 heavy (non-hydrogen) atoms. The Balaban J connectivity index is 1.75. The first kappa shape index (κ1) is 18.8. The summed E-state index contributed by atoms with van der Waals surface area (Å²) >= 11 is 3.46. The third kappa shape index (κ3) is 3.04. The van der Waals surface area contributed by atoms with Gasteiger partial charge in [0.25, 0.3) is 5.91 Å². The lowest BCUT2D eigenvalue weighted by Gasteiger charge is -2.25. The molecule has 0 bridgehead atoms. The van der Waals surface area contributed by atoms with Crippen molar-refractivity contribution in [2.45, 2.75) is 12.6 Å². The van der Waals surface area contributed by atoms with Gasteiger partial charge in [-0.3, -0.25) is 9.59 Å². The molecule has 0 fully saturated rings. The molecule has 1 atom stereocenters. The van der Waals surface area contributed by atoms with Crippen molar-refractivity contribution in [2.75, 3.05) is 0 Å². The van der Waals surface area contributed by atoms with Gasteiger partial charge >= 0.3 is 0 Å². The van der Waals surface area contributed by atoms with Gasteiger partial charge in [0.05, 0.1) is 17.0 Å². The molecule has 1 aromatic heterocycles. The van der Waals surface area contributed by atoms with E-state index in [1.807, 2.05) is 54.6 Å². The Bertz CT molecular complexity index is 1350. The molecule has 6 heteroatoms. The van der Waals surface area contributed by atoms with Gasteiger partial charge in [0.1, 0.15) is 11.4 Å². The fraction of sp³-hybridized carbons (Fsp3) is 0.0833. The maximum Gasteiger partial charge on any atom is 0.291 e. The van der Waals surface area contributed by atoms with Crippen molar-refractivity contribution in [3.63, 3.8) is 0 Å². The molecule has 1 amide bonds. The van der Waals surface area contributed by atoms with Crippen molar-refractivity contribution in [1.29, 1.82) is 0 Å². The normalized spacial score (nSPS) is 15.6. The molecule has 148 valence electrons. The SMILES string of the molecule is O=C1c2oc3ccc(F)cc3c(=O)c2C(c2cccc(Br)c2)N1Cc1ccccc1. The van der Waals surface area contributed by atoms with Crippen LogP contribution in [0.2, 0.25) is 0 Å². The van der Waals surface area contributed by atoms with E-state index >= 15 is 0 Å². The maximum atomic E-state index is 13.8.